The number of nitrogens with two attached hydrogens (primary N) is 1. The Hall–Kier alpha value is -0.360. The minimum absolute atomic E-state index is 0.101. The van der Waals surface area contributed by atoms with Crippen LogP contribution in [0.2, 0.25) is 0 Å². The monoisotopic (exact) mass is 268 g/mol. The Morgan fingerprint density at radius 3 is 2.41 bits per heavy atom. The van der Waals surface area contributed by atoms with E-state index in [2.05, 4.69) is 26.1 Å². The summed E-state index contributed by atoms with van der Waals surface area (Å²) in [5, 5.41) is 0. The molecule has 0 bridgehead atoms. The lowest BCUT2D eigenvalue weighted by Gasteiger charge is -2.37. The Morgan fingerprint density at radius 1 is 1.41 bits per heavy atom. The molecule has 0 saturated carbocycles. The molecule has 3 atom stereocenters. The second-order valence-electron chi connectivity index (χ2n) is 5.00. The fraction of sp³-hybridized carbons (Fsp3) is 0.909. The van der Waals surface area contributed by atoms with Gasteiger partial charge in [0.1, 0.15) is 5.92 Å². The predicted molar refractivity (Wildman–Crippen MR) is 65.7 cm³/mol. The molecule has 0 aromatic carbocycles. The number of alkyl halides is 3. The smallest absolute Gasteiger partial charge is 0.393 e. The summed E-state index contributed by atoms with van der Waals surface area (Å²) in [6, 6.07) is 0. The molecule has 17 heavy (non-hydrogen) atoms. The van der Waals surface area contributed by atoms with E-state index < -0.39 is 17.1 Å². The molecule has 0 amide bonds. The van der Waals surface area contributed by atoms with Crippen molar-refractivity contribution >= 4 is 17.2 Å². The highest BCUT2D eigenvalue weighted by Gasteiger charge is 2.43. The molecular weight excluding hydrogens is 249 g/mol. The molecular formula is C11H19F3N2S. The normalized spacial score (nSPS) is 29.0. The molecule has 1 aliphatic heterocycles. The molecule has 2 N–H and O–H groups in total. The molecule has 100 valence electrons. The number of hydrogen-bond acceptors (Lipinski definition) is 2. The van der Waals surface area contributed by atoms with Gasteiger partial charge in [0, 0.05) is 13.1 Å². The maximum atomic E-state index is 12.7. The van der Waals surface area contributed by atoms with Gasteiger partial charge in [0.2, 0.25) is 0 Å². The van der Waals surface area contributed by atoms with Gasteiger partial charge >= 0.3 is 6.18 Å². The molecule has 0 aromatic heterocycles. The minimum Gasteiger partial charge on any atom is -0.393 e. The lowest BCUT2D eigenvalue weighted by Crippen LogP contribution is -2.47. The van der Waals surface area contributed by atoms with Crippen LogP contribution >= 0.6 is 12.2 Å². The molecule has 3 unspecified atom stereocenters. The molecule has 0 aromatic rings. The van der Waals surface area contributed by atoms with Gasteiger partial charge in [-0.25, -0.2) is 0 Å². The topological polar surface area (TPSA) is 29.3 Å². The third-order valence-electron chi connectivity index (χ3n) is 3.60. The van der Waals surface area contributed by atoms with E-state index in [0.717, 1.165) is 6.42 Å². The molecule has 0 aliphatic carbocycles. The second kappa shape index (κ2) is 5.52. The van der Waals surface area contributed by atoms with Gasteiger partial charge < -0.3 is 10.6 Å². The van der Waals surface area contributed by atoms with Gasteiger partial charge in [-0.2, -0.15) is 13.2 Å². The summed E-state index contributed by atoms with van der Waals surface area (Å²) in [6.45, 7) is 5.49. The van der Waals surface area contributed by atoms with Gasteiger partial charge in [-0.3, -0.25) is 0 Å². The summed E-state index contributed by atoms with van der Waals surface area (Å²) >= 11 is 4.52. The van der Waals surface area contributed by atoms with E-state index in [9.17, 15) is 13.2 Å². The molecule has 1 rings (SSSR count). The Balaban J connectivity index is 2.60. The highest BCUT2D eigenvalue weighted by atomic mass is 32.1. The van der Waals surface area contributed by atoms with Crippen LogP contribution in [0, 0.1) is 17.8 Å². The van der Waals surface area contributed by atoms with Gasteiger partial charge in [0.25, 0.3) is 0 Å². The van der Waals surface area contributed by atoms with Crippen molar-refractivity contribution < 1.29 is 13.2 Å². The van der Waals surface area contributed by atoms with E-state index in [1.54, 1.807) is 0 Å². The van der Waals surface area contributed by atoms with Crippen molar-refractivity contribution in [2.24, 2.45) is 23.5 Å². The van der Waals surface area contributed by atoms with Crippen molar-refractivity contribution in [2.75, 3.05) is 19.6 Å². The van der Waals surface area contributed by atoms with E-state index in [1.807, 2.05) is 4.90 Å². The van der Waals surface area contributed by atoms with Crippen LogP contribution < -0.4 is 5.73 Å². The Morgan fingerprint density at radius 2 is 2.00 bits per heavy atom. The summed E-state index contributed by atoms with van der Waals surface area (Å²) in [5.74, 6) is -0.692. The Kier molecular flexibility index (Phi) is 4.77. The molecule has 6 heteroatoms. The van der Waals surface area contributed by atoms with Crippen molar-refractivity contribution in [1.82, 2.24) is 4.90 Å². The van der Waals surface area contributed by atoms with Gasteiger partial charge in [0.05, 0.1) is 4.99 Å². The number of nitrogens with zero attached hydrogens (tertiary/aromatic N) is 1. The first-order valence-corrected chi connectivity index (χ1v) is 6.21. The minimum atomic E-state index is -4.34. The second-order valence-corrected chi connectivity index (χ2v) is 5.47. The quantitative estimate of drug-likeness (QED) is 0.797. The van der Waals surface area contributed by atoms with Gasteiger partial charge in [-0.1, -0.05) is 26.1 Å². The van der Waals surface area contributed by atoms with Crippen LogP contribution in [0.5, 0.6) is 0 Å². The Bertz CT molecular complexity index is 280. The lowest BCUT2D eigenvalue weighted by atomic mass is 9.88. The van der Waals surface area contributed by atoms with Crippen LogP contribution in [0.4, 0.5) is 13.2 Å². The molecule has 0 radical (unpaired) electrons. The van der Waals surface area contributed by atoms with Crippen LogP contribution in [-0.2, 0) is 0 Å². The zero-order valence-electron chi connectivity index (χ0n) is 10.1. The SMILES string of the molecule is CC1CCN(CC(C(N)=S)C(F)(F)F)CC1C. The summed E-state index contributed by atoms with van der Waals surface area (Å²) < 4.78 is 38.1. The summed E-state index contributed by atoms with van der Waals surface area (Å²) in [5.41, 5.74) is 5.19. The predicted octanol–water partition coefficient (Wildman–Crippen LogP) is 2.43. The molecule has 1 heterocycles. The number of rotatable bonds is 3. The van der Waals surface area contributed by atoms with Crippen molar-refractivity contribution in [1.29, 1.82) is 0 Å². The molecule has 1 fully saturated rings. The van der Waals surface area contributed by atoms with Gasteiger partial charge in [-0.15, -0.1) is 0 Å². The largest absolute Gasteiger partial charge is 0.399 e. The van der Waals surface area contributed by atoms with E-state index in [-0.39, 0.29) is 6.54 Å². The molecule has 1 saturated heterocycles. The van der Waals surface area contributed by atoms with Crippen LogP contribution in [-0.4, -0.2) is 35.7 Å². The first kappa shape index (κ1) is 14.7. The highest BCUT2D eigenvalue weighted by Crippen LogP contribution is 2.29. The average molecular weight is 268 g/mol. The van der Waals surface area contributed by atoms with E-state index in [4.69, 9.17) is 5.73 Å². The number of thiocarbonyl (C=S) groups is 1. The number of hydrogen-bond donors (Lipinski definition) is 1. The number of piperidine rings is 1. The lowest BCUT2D eigenvalue weighted by molar-refractivity contribution is -0.160. The maximum Gasteiger partial charge on any atom is 0.399 e. The maximum absolute atomic E-state index is 12.7. The molecule has 1 aliphatic rings. The summed E-state index contributed by atoms with van der Waals surface area (Å²) in [6.07, 6.45) is -3.40. The molecule has 0 spiro atoms. The zero-order chi connectivity index (χ0) is 13.2. The fourth-order valence-electron chi connectivity index (χ4n) is 2.13. The van der Waals surface area contributed by atoms with Crippen molar-refractivity contribution in [2.45, 2.75) is 26.4 Å². The summed E-state index contributed by atoms with van der Waals surface area (Å²) in [7, 11) is 0. The van der Waals surface area contributed by atoms with E-state index in [1.165, 1.54) is 0 Å². The van der Waals surface area contributed by atoms with E-state index in [0.29, 0.717) is 24.9 Å². The van der Waals surface area contributed by atoms with Crippen LogP contribution in [0.15, 0.2) is 0 Å². The highest BCUT2D eigenvalue weighted by molar-refractivity contribution is 7.80. The number of likely N-dealkylation sites (tertiary alicyclic amines) is 1. The van der Waals surface area contributed by atoms with Crippen molar-refractivity contribution in [3.05, 3.63) is 0 Å². The molecule has 2 nitrogen and oxygen atoms in total. The number of halogens is 3. The third-order valence-corrected chi connectivity index (χ3v) is 3.88. The average Bonchev–Trinajstić information content (AvgIpc) is 2.17. The van der Waals surface area contributed by atoms with E-state index >= 15 is 0 Å². The van der Waals surface area contributed by atoms with Crippen LogP contribution in [0.25, 0.3) is 0 Å². The van der Waals surface area contributed by atoms with Gasteiger partial charge in [0.15, 0.2) is 0 Å². The first-order chi connectivity index (χ1) is 7.71. The standard InChI is InChI=1S/C11H19F3N2S/c1-7-3-4-16(5-8(7)2)6-9(10(15)17)11(12,13)14/h7-9H,3-6H2,1-2H3,(H2,15,17). The van der Waals surface area contributed by atoms with Crippen LogP contribution in [0.3, 0.4) is 0 Å². The zero-order valence-corrected chi connectivity index (χ0v) is 10.9. The fourth-order valence-corrected chi connectivity index (χ4v) is 2.34. The van der Waals surface area contributed by atoms with Gasteiger partial charge in [-0.05, 0) is 24.8 Å². The first-order valence-electron chi connectivity index (χ1n) is 5.80. The Labute approximate surface area is 105 Å². The van der Waals surface area contributed by atoms with Crippen molar-refractivity contribution in [3.8, 4) is 0 Å². The van der Waals surface area contributed by atoms with Crippen LogP contribution in [0.1, 0.15) is 20.3 Å². The van der Waals surface area contributed by atoms with Crippen molar-refractivity contribution in [3.63, 3.8) is 0 Å². The third kappa shape index (κ3) is 4.10. The summed E-state index contributed by atoms with van der Waals surface area (Å²) in [4.78, 5) is 1.37.